The molecule has 4 N–H and O–H groups in total. The van der Waals surface area contributed by atoms with Crippen LogP contribution in [0.25, 0.3) is 0 Å². The van der Waals surface area contributed by atoms with E-state index >= 15 is 0 Å². The van der Waals surface area contributed by atoms with Crippen LogP contribution in [-0.2, 0) is 13.1 Å². The Morgan fingerprint density at radius 1 is 0.857 bits per heavy atom. The van der Waals surface area contributed by atoms with Crippen molar-refractivity contribution in [3.05, 3.63) is 56.5 Å². The molecule has 0 spiro atoms. The van der Waals surface area contributed by atoms with E-state index in [9.17, 15) is 0 Å². The van der Waals surface area contributed by atoms with Crippen LogP contribution in [0.2, 0.25) is 15.1 Å². The molecule has 0 atom stereocenters. The van der Waals surface area contributed by atoms with E-state index in [1.54, 1.807) is 12.1 Å². The quantitative estimate of drug-likeness (QED) is 0.601. The van der Waals surface area contributed by atoms with Crippen molar-refractivity contribution in [1.82, 2.24) is 0 Å². The predicted octanol–water partition coefficient (Wildman–Crippen LogP) is 4.86. The van der Waals surface area contributed by atoms with E-state index in [4.69, 9.17) is 58.0 Å². The molecular weight excluding hydrogens is 352 g/mol. The lowest BCUT2D eigenvalue weighted by Gasteiger charge is -2.21. The third-order valence-electron chi connectivity index (χ3n) is 3.04. The number of hydrogen-bond acceptors (Lipinski definition) is 3. The molecule has 0 saturated heterocycles. The Morgan fingerprint density at radius 3 is 2.19 bits per heavy atom. The van der Waals surface area contributed by atoms with Crippen molar-refractivity contribution < 1.29 is 0 Å². The first-order chi connectivity index (χ1) is 9.99. The van der Waals surface area contributed by atoms with Crippen LogP contribution in [0, 0.1) is 0 Å². The second-order valence-electron chi connectivity index (χ2n) is 4.35. The highest BCUT2D eigenvalue weighted by Crippen LogP contribution is 2.42. The standard InChI is InChI=1S/C14H13Cl4N3/c15-10-3-4-11(14(17)13(10)16)21(18)12-5-8(6-19)1-2-9(12)7-20/h1-5H,6-7,19-20H2. The van der Waals surface area contributed by atoms with Crippen molar-refractivity contribution in [1.29, 1.82) is 0 Å². The molecule has 2 aromatic carbocycles. The zero-order valence-corrected chi connectivity index (χ0v) is 13.9. The van der Waals surface area contributed by atoms with Crippen molar-refractivity contribution in [2.24, 2.45) is 11.5 Å². The van der Waals surface area contributed by atoms with Crippen LogP contribution < -0.4 is 15.9 Å². The lowest BCUT2D eigenvalue weighted by atomic mass is 10.1. The highest BCUT2D eigenvalue weighted by Gasteiger charge is 2.17. The van der Waals surface area contributed by atoms with Gasteiger partial charge >= 0.3 is 0 Å². The molecular formula is C14H13Cl4N3. The summed E-state index contributed by atoms with van der Waals surface area (Å²) in [5.41, 5.74) is 14.5. The molecule has 2 aromatic rings. The topological polar surface area (TPSA) is 55.3 Å². The number of halogens is 4. The maximum absolute atomic E-state index is 6.42. The van der Waals surface area contributed by atoms with Gasteiger partial charge in [0, 0.05) is 24.9 Å². The molecule has 21 heavy (non-hydrogen) atoms. The second-order valence-corrected chi connectivity index (χ2v) is 5.85. The smallest absolute Gasteiger partial charge is 0.0857 e. The molecule has 112 valence electrons. The van der Waals surface area contributed by atoms with Crippen LogP contribution in [0.1, 0.15) is 11.1 Å². The maximum atomic E-state index is 6.42. The summed E-state index contributed by atoms with van der Waals surface area (Å²) < 4.78 is 1.41. The Hall–Kier alpha value is -0.680. The molecule has 0 aliphatic rings. The van der Waals surface area contributed by atoms with Gasteiger partial charge in [0.1, 0.15) is 0 Å². The van der Waals surface area contributed by atoms with Crippen LogP contribution in [0.15, 0.2) is 30.3 Å². The molecule has 7 heteroatoms. The minimum atomic E-state index is 0.255. The lowest BCUT2D eigenvalue weighted by Crippen LogP contribution is -2.10. The SMILES string of the molecule is NCc1ccc(CN)c(N(Cl)c2ccc(Cl)c(Cl)c2Cl)c1. The van der Waals surface area contributed by atoms with E-state index in [0.29, 0.717) is 29.5 Å². The maximum Gasteiger partial charge on any atom is 0.0857 e. The fraction of sp³-hybridized carbons (Fsp3) is 0.143. The van der Waals surface area contributed by atoms with E-state index in [1.807, 2.05) is 18.2 Å². The number of anilines is 2. The summed E-state index contributed by atoms with van der Waals surface area (Å²) in [5.74, 6) is 0. The average molecular weight is 365 g/mol. The Kier molecular flexibility index (Phi) is 5.60. The molecule has 0 fully saturated rings. The summed E-state index contributed by atoms with van der Waals surface area (Å²) in [6.45, 7) is 0.736. The highest BCUT2D eigenvalue weighted by atomic mass is 35.5. The second kappa shape index (κ2) is 7.05. The molecule has 0 unspecified atom stereocenters. The fourth-order valence-corrected chi connectivity index (χ4v) is 2.85. The first-order valence-corrected chi connectivity index (χ1v) is 7.58. The Balaban J connectivity index is 2.54. The van der Waals surface area contributed by atoms with Gasteiger partial charge in [0.05, 0.1) is 26.4 Å². The van der Waals surface area contributed by atoms with Crippen LogP contribution >= 0.6 is 46.6 Å². The largest absolute Gasteiger partial charge is 0.326 e. The molecule has 0 amide bonds. The molecule has 0 radical (unpaired) electrons. The Morgan fingerprint density at radius 2 is 1.57 bits per heavy atom. The molecule has 0 aromatic heterocycles. The van der Waals surface area contributed by atoms with Crippen molar-refractivity contribution >= 4 is 58.0 Å². The molecule has 3 nitrogen and oxygen atoms in total. The van der Waals surface area contributed by atoms with Crippen molar-refractivity contribution in [2.45, 2.75) is 13.1 Å². The number of hydrogen-bond donors (Lipinski definition) is 2. The van der Waals surface area contributed by atoms with Gasteiger partial charge in [-0.2, -0.15) is 0 Å². The average Bonchev–Trinajstić information content (AvgIpc) is 2.51. The van der Waals surface area contributed by atoms with Crippen LogP contribution in [0.4, 0.5) is 11.4 Å². The zero-order chi connectivity index (χ0) is 15.6. The van der Waals surface area contributed by atoms with Gasteiger partial charge in [-0.3, -0.25) is 4.42 Å². The van der Waals surface area contributed by atoms with Gasteiger partial charge in [-0.1, -0.05) is 46.9 Å². The summed E-state index contributed by atoms with van der Waals surface area (Å²) >= 11 is 24.6. The van der Waals surface area contributed by atoms with Crippen LogP contribution in [0.3, 0.4) is 0 Å². The predicted molar refractivity (Wildman–Crippen MR) is 91.7 cm³/mol. The first kappa shape index (κ1) is 16.7. The lowest BCUT2D eigenvalue weighted by molar-refractivity contribution is 1.03. The number of benzene rings is 2. The van der Waals surface area contributed by atoms with Gasteiger partial charge in [-0.25, -0.2) is 0 Å². The third kappa shape index (κ3) is 3.39. The Bertz CT molecular complexity index is 661. The summed E-state index contributed by atoms with van der Waals surface area (Å²) in [6.07, 6.45) is 0. The number of rotatable bonds is 4. The molecule has 2 rings (SSSR count). The highest BCUT2D eigenvalue weighted by molar-refractivity contribution is 6.50. The van der Waals surface area contributed by atoms with E-state index in [2.05, 4.69) is 0 Å². The molecule has 0 aliphatic heterocycles. The summed E-state index contributed by atoms with van der Waals surface area (Å²) in [5, 5.41) is 0.899. The minimum Gasteiger partial charge on any atom is -0.326 e. The monoisotopic (exact) mass is 363 g/mol. The number of nitrogens with two attached hydrogens (primary N) is 2. The molecule has 0 aliphatic carbocycles. The van der Waals surface area contributed by atoms with E-state index < -0.39 is 0 Å². The molecule has 0 heterocycles. The third-order valence-corrected chi connectivity index (χ3v) is 4.69. The van der Waals surface area contributed by atoms with Gasteiger partial charge < -0.3 is 11.5 Å². The van der Waals surface area contributed by atoms with Crippen molar-refractivity contribution in [3.63, 3.8) is 0 Å². The van der Waals surface area contributed by atoms with E-state index in [1.165, 1.54) is 4.42 Å². The Labute approximate surface area is 143 Å². The normalized spacial score (nSPS) is 10.8. The van der Waals surface area contributed by atoms with Gasteiger partial charge in [-0.15, -0.1) is 0 Å². The van der Waals surface area contributed by atoms with Crippen LogP contribution in [-0.4, -0.2) is 0 Å². The summed E-state index contributed by atoms with van der Waals surface area (Å²) in [4.78, 5) is 0. The van der Waals surface area contributed by atoms with Gasteiger partial charge in [0.2, 0.25) is 0 Å². The zero-order valence-electron chi connectivity index (χ0n) is 10.9. The van der Waals surface area contributed by atoms with Gasteiger partial charge in [-0.05, 0) is 29.3 Å². The number of nitrogens with zero attached hydrogens (tertiary/aromatic N) is 1. The molecule has 0 bridgehead atoms. The van der Waals surface area contributed by atoms with Gasteiger partial charge in [0.15, 0.2) is 0 Å². The van der Waals surface area contributed by atoms with E-state index in [-0.39, 0.29) is 10.0 Å². The summed E-state index contributed by atoms with van der Waals surface area (Å²) in [6, 6.07) is 8.99. The van der Waals surface area contributed by atoms with Crippen molar-refractivity contribution in [2.75, 3.05) is 4.42 Å². The summed E-state index contributed by atoms with van der Waals surface area (Å²) in [7, 11) is 0. The minimum absolute atomic E-state index is 0.255. The van der Waals surface area contributed by atoms with E-state index in [0.717, 1.165) is 11.1 Å². The first-order valence-electron chi connectivity index (χ1n) is 6.11. The fourth-order valence-electron chi connectivity index (χ4n) is 1.89. The van der Waals surface area contributed by atoms with Crippen molar-refractivity contribution in [3.8, 4) is 0 Å². The molecule has 0 saturated carbocycles. The van der Waals surface area contributed by atoms with Gasteiger partial charge in [0.25, 0.3) is 0 Å². The van der Waals surface area contributed by atoms with Crippen LogP contribution in [0.5, 0.6) is 0 Å².